The zero-order chi connectivity index (χ0) is 18.8. The maximum absolute atomic E-state index is 12.9. The van der Waals surface area contributed by atoms with E-state index >= 15 is 0 Å². The third kappa shape index (κ3) is 3.16. The number of aromatic nitrogens is 2. The molecule has 138 valence electrons. The molecular formula is C18H21N3O4S. The lowest BCUT2D eigenvalue weighted by Gasteiger charge is -2.26. The first kappa shape index (κ1) is 18.3. The summed E-state index contributed by atoms with van der Waals surface area (Å²) in [5.41, 5.74) is 0.961. The van der Waals surface area contributed by atoms with Crippen molar-refractivity contribution in [3.05, 3.63) is 45.5 Å². The van der Waals surface area contributed by atoms with Gasteiger partial charge in [-0.05, 0) is 24.1 Å². The van der Waals surface area contributed by atoms with E-state index in [0.29, 0.717) is 35.1 Å². The van der Waals surface area contributed by atoms with E-state index in [1.165, 1.54) is 3.97 Å². The molecule has 2 heterocycles. The van der Waals surface area contributed by atoms with Crippen molar-refractivity contribution in [2.45, 2.75) is 32.1 Å². The predicted molar refractivity (Wildman–Crippen MR) is 102 cm³/mol. The molecule has 0 saturated heterocycles. The monoisotopic (exact) mass is 375 g/mol. The number of methoxy groups -OCH3 is 2. The number of benzene rings is 1. The minimum Gasteiger partial charge on any atom is -0.493 e. The van der Waals surface area contributed by atoms with Crippen molar-refractivity contribution >= 4 is 24.5 Å². The SMILES string of the molecule is CCCc1nc2c(c(=O)n1S)C(c1ccc(OC)c(OC)c1)CC(=O)N2. The minimum absolute atomic E-state index is 0.153. The van der Waals surface area contributed by atoms with Crippen molar-refractivity contribution in [1.29, 1.82) is 0 Å². The third-order valence-electron chi connectivity index (χ3n) is 4.44. The van der Waals surface area contributed by atoms with Gasteiger partial charge in [0.25, 0.3) is 5.56 Å². The molecule has 0 spiro atoms. The second kappa shape index (κ2) is 7.41. The molecule has 26 heavy (non-hydrogen) atoms. The van der Waals surface area contributed by atoms with Gasteiger partial charge in [0, 0.05) is 18.8 Å². The second-order valence-electron chi connectivity index (χ2n) is 6.08. The number of ether oxygens (including phenoxy) is 2. The fraction of sp³-hybridized carbons (Fsp3) is 0.389. The van der Waals surface area contributed by atoms with Crippen LogP contribution >= 0.6 is 12.8 Å². The van der Waals surface area contributed by atoms with E-state index in [2.05, 4.69) is 23.1 Å². The molecule has 0 radical (unpaired) electrons. The van der Waals surface area contributed by atoms with E-state index in [1.54, 1.807) is 26.4 Å². The normalized spacial score (nSPS) is 16.0. The van der Waals surface area contributed by atoms with Crippen LogP contribution in [0.4, 0.5) is 5.82 Å². The zero-order valence-corrected chi connectivity index (χ0v) is 15.8. The summed E-state index contributed by atoms with van der Waals surface area (Å²) in [5, 5.41) is 2.72. The summed E-state index contributed by atoms with van der Waals surface area (Å²) in [6.07, 6.45) is 1.57. The number of carbonyl (C=O) groups excluding carboxylic acids is 1. The van der Waals surface area contributed by atoms with Gasteiger partial charge < -0.3 is 14.8 Å². The average molecular weight is 375 g/mol. The van der Waals surface area contributed by atoms with Gasteiger partial charge in [-0.2, -0.15) is 0 Å². The molecule has 1 unspecified atom stereocenters. The maximum Gasteiger partial charge on any atom is 0.269 e. The first-order valence-corrected chi connectivity index (χ1v) is 8.77. The fourth-order valence-corrected chi connectivity index (χ4v) is 3.44. The first-order valence-electron chi connectivity index (χ1n) is 8.37. The number of rotatable bonds is 5. The van der Waals surface area contributed by atoms with Gasteiger partial charge in [-0.3, -0.25) is 9.59 Å². The van der Waals surface area contributed by atoms with Gasteiger partial charge in [0.05, 0.1) is 19.8 Å². The molecule has 1 aliphatic heterocycles. The average Bonchev–Trinajstić information content (AvgIpc) is 2.64. The molecule has 1 amide bonds. The molecular weight excluding hydrogens is 354 g/mol. The lowest BCUT2D eigenvalue weighted by Crippen LogP contribution is -2.34. The van der Waals surface area contributed by atoms with Gasteiger partial charge in [0.15, 0.2) is 11.5 Å². The van der Waals surface area contributed by atoms with Crippen LogP contribution in [0.15, 0.2) is 23.0 Å². The van der Waals surface area contributed by atoms with E-state index in [9.17, 15) is 9.59 Å². The van der Waals surface area contributed by atoms with Crippen LogP contribution in [0.5, 0.6) is 11.5 Å². The first-order chi connectivity index (χ1) is 12.5. The Morgan fingerprint density at radius 2 is 2.00 bits per heavy atom. The molecule has 0 bridgehead atoms. The molecule has 1 aliphatic rings. The highest BCUT2D eigenvalue weighted by Crippen LogP contribution is 2.38. The topological polar surface area (TPSA) is 82.5 Å². The number of carbonyl (C=O) groups is 1. The van der Waals surface area contributed by atoms with Crippen LogP contribution in [0.3, 0.4) is 0 Å². The molecule has 0 aliphatic carbocycles. The van der Waals surface area contributed by atoms with Crippen molar-refractivity contribution in [2.24, 2.45) is 0 Å². The number of nitrogens with one attached hydrogen (secondary N) is 1. The van der Waals surface area contributed by atoms with Gasteiger partial charge in [-0.25, -0.2) is 8.96 Å². The predicted octanol–water partition coefficient (Wildman–Crippen LogP) is 2.38. The Bertz CT molecular complexity index is 910. The zero-order valence-electron chi connectivity index (χ0n) is 14.9. The molecule has 0 fully saturated rings. The summed E-state index contributed by atoms with van der Waals surface area (Å²) < 4.78 is 11.9. The molecule has 1 N–H and O–H groups in total. The van der Waals surface area contributed by atoms with Crippen LogP contribution in [-0.2, 0) is 11.2 Å². The standard InChI is InChI=1S/C18H21N3O4S/c1-4-5-14-19-17-16(18(23)21(14)26)11(9-15(22)20-17)10-6-7-12(24-2)13(8-10)25-3/h6-8,11,26H,4-5,9H2,1-3H3,(H,20,22). The molecule has 7 nitrogen and oxygen atoms in total. The van der Waals surface area contributed by atoms with Crippen molar-refractivity contribution in [1.82, 2.24) is 8.96 Å². The quantitative estimate of drug-likeness (QED) is 0.784. The summed E-state index contributed by atoms with van der Waals surface area (Å²) in [5.74, 6) is 1.38. The minimum atomic E-state index is -0.423. The van der Waals surface area contributed by atoms with Crippen LogP contribution in [0.1, 0.15) is 42.6 Å². The van der Waals surface area contributed by atoms with Crippen LogP contribution in [0.2, 0.25) is 0 Å². The van der Waals surface area contributed by atoms with E-state index in [4.69, 9.17) is 9.47 Å². The van der Waals surface area contributed by atoms with Gasteiger partial charge in [0.1, 0.15) is 11.6 Å². The molecule has 1 aromatic heterocycles. The van der Waals surface area contributed by atoms with Crippen molar-refractivity contribution in [3.8, 4) is 11.5 Å². The highest BCUT2D eigenvalue weighted by Gasteiger charge is 2.32. The molecule has 8 heteroatoms. The van der Waals surface area contributed by atoms with Crippen LogP contribution in [0, 0.1) is 0 Å². The molecule has 2 aromatic rings. The number of aryl methyl sites for hydroxylation is 1. The summed E-state index contributed by atoms with van der Waals surface area (Å²) in [4.78, 5) is 29.6. The van der Waals surface area contributed by atoms with Gasteiger partial charge >= 0.3 is 0 Å². The Morgan fingerprint density at radius 3 is 2.65 bits per heavy atom. The molecule has 0 saturated carbocycles. The number of fused-ring (bicyclic) bond motifs is 1. The second-order valence-corrected chi connectivity index (χ2v) is 6.48. The van der Waals surface area contributed by atoms with E-state index in [-0.39, 0.29) is 17.9 Å². The molecule has 3 rings (SSSR count). The van der Waals surface area contributed by atoms with Gasteiger partial charge in [-0.15, -0.1) is 0 Å². The number of thiol groups is 1. The molecule has 1 atom stereocenters. The smallest absolute Gasteiger partial charge is 0.269 e. The Hall–Kier alpha value is -2.48. The van der Waals surface area contributed by atoms with Crippen LogP contribution < -0.4 is 20.3 Å². The fourth-order valence-electron chi connectivity index (χ4n) is 3.19. The highest BCUT2D eigenvalue weighted by atomic mass is 32.1. The summed E-state index contributed by atoms with van der Waals surface area (Å²) >= 11 is 4.31. The summed E-state index contributed by atoms with van der Waals surface area (Å²) in [6, 6.07) is 5.38. The van der Waals surface area contributed by atoms with Crippen molar-refractivity contribution in [3.63, 3.8) is 0 Å². The third-order valence-corrected chi connectivity index (χ3v) is 4.86. The lowest BCUT2D eigenvalue weighted by molar-refractivity contribution is -0.116. The van der Waals surface area contributed by atoms with E-state index in [1.807, 2.05) is 13.0 Å². The number of hydrogen-bond donors (Lipinski definition) is 2. The number of hydrogen-bond acceptors (Lipinski definition) is 6. The van der Waals surface area contributed by atoms with Gasteiger partial charge in [0.2, 0.25) is 5.91 Å². The Labute approximate surface area is 156 Å². The number of nitrogens with zero attached hydrogens (tertiary/aromatic N) is 2. The Morgan fingerprint density at radius 1 is 1.27 bits per heavy atom. The van der Waals surface area contributed by atoms with E-state index < -0.39 is 5.92 Å². The van der Waals surface area contributed by atoms with Crippen LogP contribution in [-0.4, -0.2) is 29.1 Å². The lowest BCUT2D eigenvalue weighted by atomic mass is 9.86. The Balaban J connectivity index is 2.16. The van der Waals surface area contributed by atoms with Crippen molar-refractivity contribution < 1.29 is 14.3 Å². The highest BCUT2D eigenvalue weighted by molar-refractivity contribution is 7.78. The summed E-state index contributed by atoms with van der Waals surface area (Å²) in [7, 11) is 3.10. The Kier molecular flexibility index (Phi) is 5.22. The van der Waals surface area contributed by atoms with E-state index in [0.717, 1.165) is 12.0 Å². The number of anilines is 1. The number of amides is 1. The van der Waals surface area contributed by atoms with Crippen LogP contribution in [0.25, 0.3) is 0 Å². The maximum atomic E-state index is 12.9. The van der Waals surface area contributed by atoms with Crippen molar-refractivity contribution in [2.75, 3.05) is 19.5 Å². The van der Waals surface area contributed by atoms with Gasteiger partial charge in [-0.1, -0.05) is 25.8 Å². The largest absolute Gasteiger partial charge is 0.493 e. The molecule has 1 aromatic carbocycles. The summed E-state index contributed by atoms with van der Waals surface area (Å²) in [6.45, 7) is 1.99.